The van der Waals surface area contributed by atoms with Crippen LogP contribution in [-0.2, 0) is 6.42 Å². The topological polar surface area (TPSA) is 50.3 Å². The summed E-state index contributed by atoms with van der Waals surface area (Å²) in [6.07, 6.45) is 0.295. The fourth-order valence-electron chi connectivity index (χ4n) is 3.06. The van der Waals surface area contributed by atoms with Crippen molar-refractivity contribution in [3.8, 4) is 33.6 Å². The molecule has 0 spiro atoms. The maximum absolute atomic E-state index is 9.41. The number of rotatable bonds is 4. The highest BCUT2D eigenvalue weighted by Crippen LogP contribution is 2.39. The number of nitriles is 1. The summed E-state index contributed by atoms with van der Waals surface area (Å²) in [5.74, 6) is 0.766. The summed E-state index contributed by atoms with van der Waals surface area (Å²) in [4.78, 5) is 8.16. The maximum Gasteiger partial charge on any atom is 0.195 e. The number of benzene rings is 1. The van der Waals surface area contributed by atoms with Gasteiger partial charge in [0.2, 0.25) is 0 Å². The van der Waals surface area contributed by atoms with Gasteiger partial charge in [0.1, 0.15) is 5.75 Å². The molecule has 0 amide bonds. The number of hydrogen-bond acceptors (Lipinski definition) is 5. The summed E-state index contributed by atoms with van der Waals surface area (Å²) < 4.78 is 7.64. The molecule has 0 aliphatic carbocycles. The van der Waals surface area contributed by atoms with Gasteiger partial charge in [-0.3, -0.25) is 4.40 Å². The minimum atomic E-state index is 0.295. The Labute approximate surface area is 153 Å². The summed E-state index contributed by atoms with van der Waals surface area (Å²) >= 11 is 3.35. The van der Waals surface area contributed by atoms with Crippen LogP contribution in [0.1, 0.15) is 10.6 Å². The molecule has 0 bridgehead atoms. The molecule has 0 radical (unpaired) electrons. The molecule has 0 atom stereocenters. The van der Waals surface area contributed by atoms with Crippen molar-refractivity contribution >= 4 is 27.6 Å². The predicted molar refractivity (Wildman–Crippen MR) is 102 cm³/mol. The van der Waals surface area contributed by atoms with Crippen LogP contribution >= 0.6 is 22.7 Å². The van der Waals surface area contributed by atoms with Crippen LogP contribution in [0.2, 0.25) is 0 Å². The largest absolute Gasteiger partial charge is 0.496 e. The van der Waals surface area contributed by atoms with E-state index < -0.39 is 0 Å². The van der Waals surface area contributed by atoms with Crippen molar-refractivity contribution in [2.75, 3.05) is 7.11 Å². The Morgan fingerprint density at radius 1 is 1.24 bits per heavy atom. The Bertz CT molecular complexity index is 1080. The Hall–Kier alpha value is -2.62. The van der Waals surface area contributed by atoms with Crippen LogP contribution in [0.15, 0.2) is 41.8 Å². The SMILES string of the molecule is COc1ccccc1-c1nc2sc(C)c(-c3cccs3)n2c1CC#N. The van der Waals surface area contributed by atoms with Gasteiger partial charge in [0.25, 0.3) is 0 Å². The molecule has 0 N–H and O–H groups in total. The third kappa shape index (κ3) is 2.53. The zero-order chi connectivity index (χ0) is 17.4. The molecule has 1 aromatic carbocycles. The second-order valence-corrected chi connectivity index (χ2v) is 7.67. The summed E-state index contributed by atoms with van der Waals surface area (Å²) in [6, 6.07) is 14.3. The first-order chi connectivity index (χ1) is 12.2. The number of fused-ring (bicyclic) bond motifs is 1. The number of ether oxygens (including phenoxy) is 1. The van der Waals surface area contributed by atoms with Gasteiger partial charge in [0, 0.05) is 10.4 Å². The van der Waals surface area contributed by atoms with Gasteiger partial charge in [-0.15, -0.1) is 22.7 Å². The van der Waals surface area contributed by atoms with Crippen LogP contribution in [-0.4, -0.2) is 16.5 Å². The second-order valence-electron chi connectivity index (χ2n) is 5.54. The van der Waals surface area contributed by atoms with Crippen LogP contribution in [0.5, 0.6) is 5.75 Å². The van der Waals surface area contributed by atoms with E-state index in [1.54, 1.807) is 29.8 Å². The number of aromatic nitrogens is 2. The van der Waals surface area contributed by atoms with Gasteiger partial charge in [-0.05, 0) is 30.5 Å². The van der Waals surface area contributed by atoms with Crippen molar-refractivity contribution in [1.82, 2.24) is 9.38 Å². The van der Waals surface area contributed by atoms with E-state index in [2.05, 4.69) is 28.8 Å². The Balaban J connectivity index is 2.05. The molecule has 4 aromatic rings. The Morgan fingerprint density at radius 2 is 2.08 bits per heavy atom. The van der Waals surface area contributed by atoms with Crippen molar-refractivity contribution in [2.24, 2.45) is 0 Å². The molecule has 0 aliphatic rings. The quantitative estimate of drug-likeness (QED) is 0.501. The molecule has 0 saturated heterocycles. The van der Waals surface area contributed by atoms with Crippen molar-refractivity contribution < 1.29 is 4.74 Å². The fraction of sp³-hybridized carbons (Fsp3) is 0.158. The normalized spacial score (nSPS) is 10.9. The average Bonchev–Trinajstić information content (AvgIpc) is 3.32. The lowest BCUT2D eigenvalue weighted by atomic mass is 10.1. The summed E-state index contributed by atoms with van der Waals surface area (Å²) in [6.45, 7) is 2.10. The van der Waals surface area contributed by atoms with E-state index in [-0.39, 0.29) is 0 Å². The number of para-hydroxylation sites is 1. The van der Waals surface area contributed by atoms with Crippen LogP contribution in [0.3, 0.4) is 0 Å². The molecule has 0 aliphatic heterocycles. The molecule has 3 heterocycles. The Kier molecular flexibility index (Phi) is 4.04. The Morgan fingerprint density at radius 3 is 2.80 bits per heavy atom. The first-order valence-electron chi connectivity index (χ1n) is 7.79. The van der Waals surface area contributed by atoms with Crippen LogP contribution in [0.4, 0.5) is 0 Å². The minimum Gasteiger partial charge on any atom is -0.496 e. The lowest BCUT2D eigenvalue weighted by molar-refractivity contribution is 0.416. The zero-order valence-corrected chi connectivity index (χ0v) is 15.4. The number of methoxy groups -OCH3 is 1. The van der Waals surface area contributed by atoms with E-state index in [9.17, 15) is 5.26 Å². The summed E-state index contributed by atoms with van der Waals surface area (Å²) in [5.41, 5.74) is 3.78. The van der Waals surface area contributed by atoms with Crippen LogP contribution in [0.25, 0.3) is 26.8 Å². The molecule has 6 heteroatoms. The van der Waals surface area contributed by atoms with Crippen molar-refractivity contribution in [2.45, 2.75) is 13.3 Å². The molecule has 0 fully saturated rings. The molecular formula is C19H15N3OS2. The van der Waals surface area contributed by atoms with E-state index in [0.29, 0.717) is 6.42 Å². The van der Waals surface area contributed by atoms with Gasteiger partial charge >= 0.3 is 0 Å². The highest BCUT2D eigenvalue weighted by atomic mass is 32.1. The lowest BCUT2D eigenvalue weighted by Gasteiger charge is -2.08. The molecule has 4 rings (SSSR count). The van der Waals surface area contributed by atoms with Gasteiger partial charge < -0.3 is 4.74 Å². The van der Waals surface area contributed by atoms with Crippen molar-refractivity contribution in [1.29, 1.82) is 5.26 Å². The van der Waals surface area contributed by atoms with Gasteiger partial charge in [0.05, 0.1) is 41.6 Å². The number of nitrogens with zero attached hydrogens (tertiary/aromatic N) is 3. The second kappa shape index (κ2) is 6.36. The minimum absolute atomic E-state index is 0.295. The molecule has 25 heavy (non-hydrogen) atoms. The van der Waals surface area contributed by atoms with Gasteiger partial charge in [-0.2, -0.15) is 5.26 Å². The molecular weight excluding hydrogens is 350 g/mol. The predicted octanol–water partition coefficient (Wildman–Crippen LogP) is 5.17. The van der Waals surface area contributed by atoms with Crippen molar-refractivity contribution in [3.05, 3.63) is 52.3 Å². The fourth-order valence-corrected chi connectivity index (χ4v) is 4.95. The lowest BCUT2D eigenvalue weighted by Crippen LogP contribution is -1.96. The third-order valence-corrected chi connectivity index (χ3v) is 5.94. The summed E-state index contributed by atoms with van der Waals surface area (Å²) in [5, 5.41) is 11.5. The van der Waals surface area contributed by atoms with E-state index in [1.165, 1.54) is 9.75 Å². The third-order valence-electron chi connectivity index (χ3n) is 4.11. The standard InChI is InChI=1S/C19H15N3OS2/c1-12-18(16-8-5-11-24-16)22-14(9-10-20)17(21-19(22)25-12)13-6-3-4-7-15(13)23-2/h3-8,11H,9H2,1-2H3. The van der Waals surface area contributed by atoms with Crippen molar-refractivity contribution in [3.63, 3.8) is 0 Å². The van der Waals surface area contributed by atoms with Gasteiger partial charge in [-0.1, -0.05) is 18.2 Å². The first-order valence-corrected chi connectivity index (χ1v) is 9.49. The molecule has 4 nitrogen and oxygen atoms in total. The van der Waals surface area contributed by atoms with E-state index in [0.717, 1.165) is 33.4 Å². The molecule has 3 aromatic heterocycles. The molecule has 0 saturated carbocycles. The number of thiazole rings is 1. The number of thiophene rings is 1. The summed E-state index contributed by atoms with van der Waals surface area (Å²) in [7, 11) is 1.66. The smallest absolute Gasteiger partial charge is 0.195 e. The van der Waals surface area contributed by atoms with Crippen LogP contribution < -0.4 is 4.74 Å². The van der Waals surface area contributed by atoms with E-state index in [4.69, 9.17) is 9.72 Å². The molecule has 0 unspecified atom stereocenters. The highest BCUT2D eigenvalue weighted by Gasteiger charge is 2.22. The number of imidazole rings is 1. The highest BCUT2D eigenvalue weighted by molar-refractivity contribution is 7.18. The molecule has 124 valence electrons. The number of hydrogen-bond donors (Lipinski definition) is 0. The monoisotopic (exact) mass is 365 g/mol. The maximum atomic E-state index is 9.41. The van der Waals surface area contributed by atoms with E-state index in [1.807, 2.05) is 30.3 Å². The average molecular weight is 365 g/mol. The first kappa shape index (κ1) is 15.9. The van der Waals surface area contributed by atoms with E-state index >= 15 is 0 Å². The number of aryl methyl sites for hydroxylation is 1. The van der Waals surface area contributed by atoms with Crippen LogP contribution in [0, 0.1) is 18.3 Å². The zero-order valence-electron chi connectivity index (χ0n) is 13.8. The van der Waals surface area contributed by atoms with Gasteiger partial charge in [-0.25, -0.2) is 4.98 Å². The van der Waals surface area contributed by atoms with Gasteiger partial charge in [0.15, 0.2) is 4.96 Å².